The van der Waals surface area contributed by atoms with Crippen LogP contribution in [0.1, 0.15) is 0 Å². The van der Waals surface area contributed by atoms with Crippen LogP contribution < -0.4 is 10.2 Å². The average Bonchev–Trinajstić information content (AvgIpc) is 2.84. The molecule has 1 fully saturated rings. The maximum absolute atomic E-state index is 12.1. The Hall–Kier alpha value is -2.39. The average molecular weight is 365 g/mol. The Morgan fingerprint density at radius 2 is 1.72 bits per heavy atom. The summed E-state index contributed by atoms with van der Waals surface area (Å²) in [5.41, 5.74) is 1.71. The van der Waals surface area contributed by atoms with Gasteiger partial charge in [-0.2, -0.15) is 0 Å². The van der Waals surface area contributed by atoms with Crippen LogP contribution in [0.2, 0.25) is 0 Å². The van der Waals surface area contributed by atoms with E-state index in [0.717, 1.165) is 10.6 Å². The van der Waals surface area contributed by atoms with E-state index in [1.54, 1.807) is 12.1 Å². The van der Waals surface area contributed by atoms with E-state index in [4.69, 9.17) is 5.11 Å². The number of anilines is 2. The van der Waals surface area contributed by atoms with Crippen molar-refractivity contribution in [1.82, 2.24) is 4.90 Å². The molecule has 1 aromatic rings. The molecule has 3 rings (SSSR count). The summed E-state index contributed by atoms with van der Waals surface area (Å²) in [5, 5.41) is 11.8. The largest absolute Gasteiger partial charge is 0.395 e. The number of aliphatic hydroxyl groups excluding tert-OH is 1. The fraction of sp³-hybridized carbons (Fsp3) is 0.375. The molecule has 0 aliphatic carbocycles. The zero-order valence-electron chi connectivity index (χ0n) is 13.5. The van der Waals surface area contributed by atoms with E-state index < -0.39 is 21.7 Å². The SMILES string of the molecule is O=C1C=C(Nc2ccc(N3CCS(=O)(=O)CC3)cc2)C(=O)N1CCO. The minimum atomic E-state index is -2.92. The normalized spacial score (nSPS) is 20.0. The number of carbonyl (C=O) groups is 2. The van der Waals surface area contributed by atoms with Gasteiger partial charge in [-0.05, 0) is 24.3 Å². The quantitative estimate of drug-likeness (QED) is 0.683. The van der Waals surface area contributed by atoms with Gasteiger partial charge in [0, 0.05) is 30.5 Å². The summed E-state index contributed by atoms with van der Waals surface area (Å²) in [6.07, 6.45) is 1.21. The van der Waals surface area contributed by atoms with E-state index in [2.05, 4.69) is 5.32 Å². The van der Waals surface area contributed by atoms with Crippen molar-refractivity contribution in [3.8, 4) is 0 Å². The number of rotatable bonds is 5. The molecule has 0 saturated carbocycles. The Morgan fingerprint density at radius 3 is 2.32 bits per heavy atom. The molecule has 0 spiro atoms. The molecule has 134 valence electrons. The molecule has 9 heteroatoms. The van der Waals surface area contributed by atoms with Gasteiger partial charge in [-0.25, -0.2) is 8.42 Å². The number of amides is 2. The highest BCUT2D eigenvalue weighted by atomic mass is 32.2. The van der Waals surface area contributed by atoms with Gasteiger partial charge >= 0.3 is 0 Å². The first-order valence-electron chi connectivity index (χ1n) is 7.90. The van der Waals surface area contributed by atoms with E-state index in [-0.39, 0.29) is 30.4 Å². The van der Waals surface area contributed by atoms with Crippen molar-refractivity contribution in [3.05, 3.63) is 36.0 Å². The van der Waals surface area contributed by atoms with Crippen LogP contribution in [0.25, 0.3) is 0 Å². The molecule has 0 unspecified atom stereocenters. The van der Waals surface area contributed by atoms with Gasteiger partial charge in [0.25, 0.3) is 11.8 Å². The molecular formula is C16H19N3O5S. The number of benzene rings is 1. The van der Waals surface area contributed by atoms with Gasteiger partial charge in [0.2, 0.25) is 0 Å². The molecule has 0 radical (unpaired) electrons. The van der Waals surface area contributed by atoms with Gasteiger partial charge in [-0.1, -0.05) is 0 Å². The third kappa shape index (κ3) is 3.83. The number of nitrogens with zero attached hydrogens (tertiary/aromatic N) is 2. The molecule has 2 heterocycles. The Kier molecular flexibility index (Phi) is 4.78. The minimum absolute atomic E-state index is 0.0316. The number of aliphatic hydroxyl groups is 1. The molecule has 1 saturated heterocycles. The molecule has 0 aromatic heterocycles. The monoisotopic (exact) mass is 365 g/mol. The van der Waals surface area contributed by atoms with Crippen molar-refractivity contribution in [2.24, 2.45) is 0 Å². The molecule has 0 atom stereocenters. The van der Waals surface area contributed by atoms with Crippen LogP contribution >= 0.6 is 0 Å². The molecule has 8 nitrogen and oxygen atoms in total. The second kappa shape index (κ2) is 6.85. The van der Waals surface area contributed by atoms with E-state index in [1.807, 2.05) is 17.0 Å². The van der Waals surface area contributed by atoms with E-state index in [0.29, 0.717) is 18.8 Å². The van der Waals surface area contributed by atoms with E-state index in [9.17, 15) is 18.0 Å². The Morgan fingerprint density at radius 1 is 1.08 bits per heavy atom. The predicted molar refractivity (Wildman–Crippen MR) is 92.8 cm³/mol. The predicted octanol–water partition coefficient (Wildman–Crippen LogP) is -0.422. The zero-order chi connectivity index (χ0) is 18.0. The van der Waals surface area contributed by atoms with Crippen LogP contribution in [0.5, 0.6) is 0 Å². The first-order valence-corrected chi connectivity index (χ1v) is 9.72. The Bertz CT molecular complexity index is 803. The number of sulfone groups is 1. The fourth-order valence-electron chi connectivity index (χ4n) is 2.79. The summed E-state index contributed by atoms with van der Waals surface area (Å²) in [5.74, 6) is -0.619. The number of nitrogens with one attached hydrogen (secondary N) is 1. The molecular weight excluding hydrogens is 346 g/mol. The van der Waals surface area contributed by atoms with Crippen LogP contribution in [0.4, 0.5) is 11.4 Å². The van der Waals surface area contributed by atoms with Crippen molar-refractivity contribution in [3.63, 3.8) is 0 Å². The lowest BCUT2D eigenvalue weighted by Crippen LogP contribution is -2.40. The van der Waals surface area contributed by atoms with Crippen molar-refractivity contribution in [2.75, 3.05) is 48.0 Å². The third-order valence-electron chi connectivity index (χ3n) is 4.19. The third-order valence-corrected chi connectivity index (χ3v) is 5.80. The summed E-state index contributed by atoms with van der Waals surface area (Å²) in [7, 11) is -2.92. The van der Waals surface area contributed by atoms with Crippen molar-refractivity contribution in [1.29, 1.82) is 0 Å². The second-order valence-corrected chi connectivity index (χ2v) is 8.19. The molecule has 0 bridgehead atoms. The van der Waals surface area contributed by atoms with Crippen molar-refractivity contribution in [2.45, 2.75) is 0 Å². The van der Waals surface area contributed by atoms with Gasteiger partial charge in [0.15, 0.2) is 9.84 Å². The molecule has 1 aromatic carbocycles. The second-order valence-electron chi connectivity index (χ2n) is 5.89. The van der Waals surface area contributed by atoms with Crippen LogP contribution in [0.3, 0.4) is 0 Å². The first kappa shape index (κ1) is 17.4. The number of hydrogen-bond donors (Lipinski definition) is 2. The summed E-state index contributed by atoms with van der Waals surface area (Å²) in [6, 6.07) is 7.22. The lowest BCUT2D eigenvalue weighted by Gasteiger charge is -2.28. The Balaban J connectivity index is 1.65. The summed E-state index contributed by atoms with van der Waals surface area (Å²) >= 11 is 0. The summed E-state index contributed by atoms with van der Waals surface area (Å²) in [6.45, 7) is 0.613. The van der Waals surface area contributed by atoms with Crippen LogP contribution in [0.15, 0.2) is 36.0 Å². The van der Waals surface area contributed by atoms with E-state index >= 15 is 0 Å². The first-order chi connectivity index (χ1) is 11.9. The smallest absolute Gasteiger partial charge is 0.277 e. The fourth-order valence-corrected chi connectivity index (χ4v) is 3.99. The maximum Gasteiger partial charge on any atom is 0.277 e. The standard InChI is InChI=1S/C16H19N3O5S/c20-8-5-19-15(21)11-14(16(19)22)17-12-1-3-13(4-2-12)18-6-9-25(23,24)10-7-18/h1-4,11,17,20H,5-10H2. The van der Waals surface area contributed by atoms with Gasteiger partial charge in [0.05, 0.1) is 24.7 Å². The highest BCUT2D eigenvalue weighted by Gasteiger charge is 2.30. The van der Waals surface area contributed by atoms with Gasteiger partial charge in [0.1, 0.15) is 5.70 Å². The number of carbonyl (C=O) groups excluding carboxylic acids is 2. The van der Waals surface area contributed by atoms with Gasteiger partial charge in [-0.15, -0.1) is 0 Å². The van der Waals surface area contributed by atoms with Gasteiger partial charge < -0.3 is 15.3 Å². The Labute approximate surface area is 145 Å². The number of imide groups is 1. The molecule has 25 heavy (non-hydrogen) atoms. The highest BCUT2D eigenvalue weighted by molar-refractivity contribution is 7.91. The molecule has 2 amide bonds. The molecule has 2 aliphatic heterocycles. The lowest BCUT2D eigenvalue weighted by molar-refractivity contribution is -0.137. The minimum Gasteiger partial charge on any atom is -0.395 e. The number of β-amino-alcohol motifs (C(OH)–C–C–N with tert-alkyl or cyclic N) is 1. The molecule has 2 N–H and O–H groups in total. The van der Waals surface area contributed by atoms with Crippen molar-refractivity contribution >= 4 is 33.0 Å². The van der Waals surface area contributed by atoms with Crippen molar-refractivity contribution < 1.29 is 23.1 Å². The van der Waals surface area contributed by atoms with Crippen LogP contribution in [0, 0.1) is 0 Å². The maximum atomic E-state index is 12.1. The zero-order valence-corrected chi connectivity index (χ0v) is 14.3. The summed E-state index contributed by atoms with van der Waals surface area (Å²) in [4.78, 5) is 26.8. The van der Waals surface area contributed by atoms with Gasteiger partial charge in [-0.3, -0.25) is 14.5 Å². The topological polar surface area (TPSA) is 107 Å². The number of hydrogen-bond acceptors (Lipinski definition) is 7. The molecule has 2 aliphatic rings. The highest BCUT2D eigenvalue weighted by Crippen LogP contribution is 2.22. The van der Waals surface area contributed by atoms with Crippen LogP contribution in [-0.2, 0) is 19.4 Å². The van der Waals surface area contributed by atoms with E-state index in [1.165, 1.54) is 6.08 Å². The summed E-state index contributed by atoms with van der Waals surface area (Å²) < 4.78 is 23.0. The van der Waals surface area contributed by atoms with Crippen LogP contribution in [-0.4, -0.2) is 68.0 Å². The lowest BCUT2D eigenvalue weighted by atomic mass is 10.2.